The molecule has 0 saturated carbocycles. The quantitative estimate of drug-likeness (QED) is 0.829. The maximum atomic E-state index is 5.61. The van der Waals surface area contributed by atoms with Crippen molar-refractivity contribution in [2.45, 2.75) is 24.3 Å². The van der Waals surface area contributed by atoms with E-state index in [0.717, 1.165) is 36.8 Å². The molecule has 0 radical (unpaired) electrons. The monoisotopic (exact) mass is 213 g/mol. The van der Waals surface area contributed by atoms with Crippen LogP contribution in [0.1, 0.15) is 18.4 Å². The van der Waals surface area contributed by atoms with Gasteiger partial charge in [0.25, 0.3) is 0 Å². The van der Waals surface area contributed by atoms with Gasteiger partial charge in [0, 0.05) is 18.2 Å². The van der Waals surface area contributed by atoms with Crippen LogP contribution in [0.25, 0.3) is 0 Å². The molecule has 1 unspecified atom stereocenters. The van der Waals surface area contributed by atoms with Gasteiger partial charge in [-0.3, -0.25) is 0 Å². The fourth-order valence-corrected chi connectivity index (χ4v) is 2.26. The Bertz CT molecular complexity index is 281. The summed E-state index contributed by atoms with van der Waals surface area (Å²) in [6.45, 7) is 3.84. The predicted octanol–water partition coefficient (Wildman–Crippen LogP) is 1.98. The predicted molar refractivity (Wildman–Crippen MR) is 57.1 cm³/mol. The standard InChI is InChI=1S/C10H15NO2S/c1-2-8-3-4-9(13-8)7-14-10-5-11-12-6-10/h3-4,10-11H,2,5-7H2,1H3. The second-order valence-electron chi connectivity index (χ2n) is 3.31. The van der Waals surface area contributed by atoms with Gasteiger partial charge < -0.3 is 9.25 Å². The van der Waals surface area contributed by atoms with E-state index in [-0.39, 0.29) is 0 Å². The molecule has 1 N–H and O–H groups in total. The van der Waals surface area contributed by atoms with Gasteiger partial charge in [0.15, 0.2) is 0 Å². The highest BCUT2D eigenvalue weighted by molar-refractivity contribution is 7.99. The molecule has 2 heterocycles. The lowest BCUT2D eigenvalue weighted by molar-refractivity contribution is 0.103. The molecule has 1 aromatic rings. The second kappa shape index (κ2) is 4.87. The average molecular weight is 213 g/mol. The lowest BCUT2D eigenvalue weighted by Crippen LogP contribution is -2.10. The SMILES string of the molecule is CCc1ccc(CSC2CNOC2)o1. The van der Waals surface area contributed by atoms with Gasteiger partial charge in [-0.1, -0.05) is 6.92 Å². The highest BCUT2D eigenvalue weighted by Gasteiger charge is 2.16. The molecule has 1 saturated heterocycles. The number of hydroxylamine groups is 1. The Morgan fingerprint density at radius 1 is 1.50 bits per heavy atom. The summed E-state index contributed by atoms with van der Waals surface area (Å²) in [5.74, 6) is 3.08. The van der Waals surface area contributed by atoms with Gasteiger partial charge in [-0.2, -0.15) is 0 Å². The van der Waals surface area contributed by atoms with Crippen LogP contribution >= 0.6 is 11.8 Å². The van der Waals surface area contributed by atoms with E-state index in [1.807, 2.05) is 11.8 Å². The van der Waals surface area contributed by atoms with Crippen molar-refractivity contribution < 1.29 is 9.25 Å². The van der Waals surface area contributed by atoms with Crippen molar-refractivity contribution in [3.63, 3.8) is 0 Å². The molecular formula is C10H15NO2S. The van der Waals surface area contributed by atoms with Crippen LogP contribution in [-0.2, 0) is 17.0 Å². The van der Waals surface area contributed by atoms with Crippen LogP contribution in [-0.4, -0.2) is 18.4 Å². The van der Waals surface area contributed by atoms with Crippen LogP contribution < -0.4 is 5.48 Å². The molecule has 0 aliphatic carbocycles. The van der Waals surface area contributed by atoms with Crippen LogP contribution in [0.15, 0.2) is 16.5 Å². The Labute approximate surface area is 88.2 Å². The molecule has 0 spiro atoms. The number of furan rings is 1. The van der Waals surface area contributed by atoms with E-state index in [0.29, 0.717) is 5.25 Å². The zero-order valence-electron chi connectivity index (χ0n) is 8.29. The zero-order valence-corrected chi connectivity index (χ0v) is 9.10. The van der Waals surface area contributed by atoms with E-state index in [9.17, 15) is 0 Å². The van der Waals surface area contributed by atoms with Crippen molar-refractivity contribution in [3.8, 4) is 0 Å². The van der Waals surface area contributed by atoms with E-state index in [2.05, 4.69) is 24.5 Å². The van der Waals surface area contributed by atoms with Gasteiger partial charge in [0.1, 0.15) is 11.5 Å². The summed E-state index contributed by atoms with van der Waals surface area (Å²) in [7, 11) is 0. The Balaban J connectivity index is 1.79. The first-order chi connectivity index (χ1) is 6.88. The number of hydrogen-bond acceptors (Lipinski definition) is 4. The molecule has 1 aliphatic rings. The molecule has 78 valence electrons. The largest absolute Gasteiger partial charge is 0.465 e. The van der Waals surface area contributed by atoms with Crippen molar-refractivity contribution in [2.75, 3.05) is 13.2 Å². The van der Waals surface area contributed by atoms with E-state index in [4.69, 9.17) is 9.25 Å². The molecule has 2 rings (SSSR count). The van der Waals surface area contributed by atoms with Crippen molar-refractivity contribution in [2.24, 2.45) is 0 Å². The number of thioether (sulfide) groups is 1. The molecule has 1 aliphatic heterocycles. The van der Waals surface area contributed by atoms with E-state index in [1.165, 1.54) is 0 Å². The third-order valence-corrected chi connectivity index (χ3v) is 3.43. The normalized spacial score (nSPS) is 21.6. The Morgan fingerprint density at radius 3 is 3.00 bits per heavy atom. The third-order valence-electron chi connectivity index (χ3n) is 2.21. The van der Waals surface area contributed by atoms with Gasteiger partial charge in [-0.15, -0.1) is 11.8 Å². The summed E-state index contributed by atoms with van der Waals surface area (Å²) in [6.07, 6.45) is 0.971. The minimum Gasteiger partial charge on any atom is -0.465 e. The van der Waals surface area contributed by atoms with Crippen LogP contribution in [0.2, 0.25) is 0 Å². The first-order valence-electron chi connectivity index (χ1n) is 4.92. The molecule has 3 nitrogen and oxygen atoms in total. The molecule has 14 heavy (non-hydrogen) atoms. The van der Waals surface area contributed by atoms with Crippen LogP contribution in [0.3, 0.4) is 0 Å². The summed E-state index contributed by atoms with van der Waals surface area (Å²) >= 11 is 1.88. The molecule has 0 bridgehead atoms. The molecule has 1 aromatic heterocycles. The second-order valence-corrected chi connectivity index (χ2v) is 4.60. The minimum absolute atomic E-state index is 0.560. The Hall–Kier alpha value is -0.450. The lowest BCUT2D eigenvalue weighted by Gasteiger charge is -2.03. The smallest absolute Gasteiger partial charge is 0.114 e. The molecule has 4 heteroatoms. The lowest BCUT2D eigenvalue weighted by atomic mass is 10.4. The van der Waals surface area contributed by atoms with Gasteiger partial charge in [-0.25, -0.2) is 5.48 Å². The number of aryl methyl sites for hydroxylation is 1. The van der Waals surface area contributed by atoms with Crippen LogP contribution in [0, 0.1) is 0 Å². The van der Waals surface area contributed by atoms with E-state index in [1.54, 1.807) is 0 Å². The number of nitrogens with one attached hydrogen (secondary N) is 1. The summed E-state index contributed by atoms with van der Waals surface area (Å²) in [5, 5.41) is 0.560. The van der Waals surface area contributed by atoms with E-state index >= 15 is 0 Å². The molecule has 1 atom stereocenters. The van der Waals surface area contributed by atoms with Crippen molar-refractivity contribution >= 4 is 11.8 Å². The van der Waals surface area contributed by atoms with Crippen molar-refractivity contribution in [3.05, 3.63) is 23.7 Å². The minimum atomic E-state index is 0.560. The maximum Gasteiger partial charge on any atom is 0.114 e. The third kappa shape index (κ3) is 2.53. The zero-order chi connectivity index (χ0) is 9.80. The number of hydrogen-bond donors (Lipinski definition) is 1. The first-order valence-corrected chi connectivity index (χ1v) is 5.97. The van der Waals surface area contributed by atoms with Crippen LogP contribution in [0.5, 0.6) is 0 Å². The first kappa shape index (κ1) is 10.1. The van der Waals surface area contributed by atoms with Gasteiger partial charge in [0.2, 0.25) is 0 Å². The molecule has 1 fully saturated rings. The maximum absolute atomic E-state index is 5.61. The van der Waals surface area contributed by atoms with Gasteiger partial charge in [0.05, 0.1) is 12.4 Å². The summed E-state index contributed by atoms with van der Waals surface area (Å²) in [5.41, 5.74) is 2.87. The summed E-state index contributed by atoms with van der Waals surface area (Å²) < 4.78 is 5.61. The summed E-state index contributed by atoms with van der Waals surface area (Å²) in [4.78, 5) is 5.07. The number of rotatable bonds is 4. The van der Waals surface area contributed by atoms with Gasteiger partial charge >= 0.3 is 0 Å². The fourth-order valence-electron chi connectivity index (χ4n) is 1.36. The van der Waals surface area contributed by atoms with Crippen LogP contribution in [0.4, 0.5) is 0 Å². The van der Waals surface area contributed by atoms with Crippen molar-refractivity contribution in [1.29, 1.82) is 0 Å². The molecular weight excluding hydrogens is 198 g/mol. The fraction of sp³-hybridized carbons (Fsp3) is 0.600. The average Bonchev–Trinajstić information content (AvgIpc) is 2.86. The van der Waals surface area contributed by atoms with E-state index < -0.39 is 0 Å². The Kier molecular flexibility index (Phi) is 3.50. The summed E-state index contributed by atoms with van der Waals surface area (Å²) in [6, 6.07) is 4.12. The topological polar surface area (TPSA) is 34.4 Å². The highest BCUT2D eigenvalue weighted by atomic mass is 32.2. The highest BCUT2D eigenvalue weighted by Crippen LogP contribution is 2.21. The van der Waals surface area contributed by atoms with Crippen molar-refractivity contribution in [1.82, 2.24) is 5.48 Å². The Morgan fingerprint density at radius 2 is 2.36 bits per heavy atom. The van der Waals surface area contributed by atoms with Gasteiger partial charge in [-0.05, 0) is 12.1 Å². The molecule has 0 amide bonds. The molecule has 0 aromatic carbocycles.